The van der Waals surface area contributed by atoms with Crippen LogP contribution in [-0.4, -0.2) is 22.3 Å². The van der Waals surface area contributed by atoms with Gasteiger partial charge in [-0.3, -0.25) is 14.5 Å². The van der Waals surface area contributed by atoms with Crippen LogP contribution in [0.2, 0.25) is 0 Å². The summed E-state index contributed by atoms with van der Waals surface area (Å²) < 4.78 is 0. The Labute approximate surface area is 102 Å². The number of carbonyl (C=O) groups excluding carboxylic acids is 2. The number of nitrogens with zero attached hydrogens (tertiary/aromatic N) is 1. The first-order valence-electron chi connectivity index (χ1n) is 6.47. The van der Waals surface area contributed by atoms with E-state index in [2.05, 4.69) is 12.2 Å². The first kappa shape index (κ1) is 11.0. The van der Waals surface area contributed by atoms with Gasteiger partial charge in [-0.25, -0.2) is 0 Å². The minimum absolute atomic E-state index is 0.0616. The lowest BCUT2D eigenvalue weighted by atomic mass is 9.63. The van der Waals surface area contributed by atoms with Crippen LogP contribution in [0.5, 0.6) is 0 Å². The summed E-state index contributed by atoms with van der Waals surface area (Å²) in [6, 6.07) is 0. The zero-order valence-electron chi connectivity index (χ0n) is 10.6. The molecule has 1 saturated heterocycles. The quantitative estimate of drug-likeness (QED) is 0.474. The fourth-order valence-electron chi connectivity index (χ4n) is 3.74. The van der Waals surface area contributed by atoms with Crippen LogP contribution in [0.4, 0.5) is 0 Å². The Morgan fingerprint density at radius 3 is 1.71 bits per heavy atom. The average Bonchev–Trinajstić information content (AvgIpc) is 2.54. The highest BCUT2D eigenvalue weighted by atomic mass is 16.2. The largest absolute Gasteiger partial charge is 0.277 e. The average molecular weight is 233 g/mol. The van der Waals surface area contributed by atoms with E-state index in [0.717, 1.165) is 12.8 Å². The zero-order valence-corrected chi connectivity index (χ0v) is 10.6. The second kappa shape index (κ2) is 3.21. The summed E-state index contributed by atoms with van der Waals surface area (Å²) in [4.78, 5) is 26.4. The third-order valence-corrected chi connectivity index (χ3v) is 4.43. The molecule has 4 rings (SSSR count). The van der Waals surface area contributed by atoms with Crippen LogP contribution in [0.1, 0.15) is 33.6 Å². The molecule has 0 N–H and O–H groups in total. The van der Waals surface area contributed by atoms with Crippen molar-refractivity contribution in [2.24, 2.45) is 23.7 Å². The zero-order chi connectivity index (χ0) is 12.4. The first-order chi connectivity index (χ1) is 7.91. The molecule has 0 aromatic carbocycles. The molecule has 1 heterocycles. The number of rotatable bonds is 0. The van der Waals surface area contributed by atoms with E-state index in [1.54, 1.807) is 0 Å². The van der Waals surface area contributed by atoms with Gasteiger partial charge in [0.2, 0.25) is 11.8 Å². The van der Waals surface area contributed by atoms with Gasteiger partial charge in [-0.2, -0.15) is 0 Å². The summed E-state index contributed by atoms with van der Waals surface area (Å²) in [5, 5.41) is 0. The lowest BCUT2D eigenvalue weighted by molar-refractivity contribution is -0.145. The number of allylic oxidation sites excluding steroid dienone is 2. The summed E-state index contributed by atoms with van der Waals surface area (Å²) in [5.41, 5.74) is -0.384. The standard InChI is InChI=1S/C14H19NO2/c1-14(2,3)15-12(16)10-8-4-5-9(7-6-8)11(10)13(15)17/h4-5,8-11H,6-7H2,1-3H3/t8?,9?,10-,11+. The molecule has 2 amide bonds. The third-order valence-electron chi connectivity index (χ3n) is 4.43. The highest BCUT2D eigenvalue weighted by molar-refractivity contribution is 6.06. The molecule has 92 valence electrons. The molecule has 3 nitrogen and oxygen atoms in total. The predicted molar refractivity (Wildman–Crippen MR) is 63.9 cm³/mol. The van der Waals surface area contributed by atoms with Gasteiger partial charge < -0.3 is 0 Å². The SMILES string of the molecule is CC(C)(C)N1C(=O)[C@@H]2C3C=CC(CC3)[C@@H]2C1=O. The first-order valence-corrected chi connectivity index (χ1v) is 6.47. The topological polar surface area (TPSA) is 37.4 Å². The van der Waals surface area contributed by atoms with Crippen molar-refractivity contribution in [3.8, 4) is 0 Å². The monoisotopic (exact) mass is 233 g/mol. The van der Waals surface area contributed by atoms with E-state index in [9.17, 15) is 9.59 Å². The van der Waals surface area contributed by atoms with E-state index in [4.69, 9.17) is 0 Å². The minimum atomic E-state index is -0.384. The third kappa shape index (κ3) is 1.34. The van der Waals surface area contributed by atoms with E-state index in [1.165, 1.54) is 4.90 Å². The number of hydrogen-bond donors (Lipinski definition) is 0. The van der Waals surface area contributed by atoms with E-state index in [1.807, 2.05) is 20.8 Å². The smallest absolute Gasteiger partial charge is 0.234 e. The molecule has 4 aliphatic rings. The normalized spacial score (nSPS) is 40.1. The minimum Gasteiger partial charge on any atom is -0.277 e. The summed E-state index contributed by atoms with van der Waals surface area (Å²) in [6.45, 7) is 5.82. The van der Waals surface area contributed by atoms with Crippen molar-refractivity contribution in [2.45, 2.75) is 39.2 Å². The van der Waals surface area contributed by atoms with Crippen LogP contribution in [-0.2, 0) is 9.59 Å². The van der Waals surface area contributed by atoms with Crippen LogP contribution in [0.15, 0.2) is 12.2 Å². The van der Waals surface area contributed by atoms with Gasteiger partial charge in [0.1, 0.15) is 0 Å². The highest BCUT2D eigenvalue weighted by Crippen LogP contribution is 2.50. The molecular weight excluding hydrogens is 214 g/mol. The van der Waals surface area contributed by atoms with Gasteiger partial charge >= 0.3 is 0 Å². The molecule has 3 aliphatic carbocycles. The molecule has 2 bridgehead atoms. The molecule has 0 spiro atoms. The summed E-state index contributed by atoms with van der Waals surface area (Å²) in [7, 11) is 0. The van der Waals surface area contributed by atoms with Crippen LogP contribution < -0.4 is 0 Å². The van der Waals surface area contributed by atoms with Crippen LogP contribution >= 0.6 is 0 Å². The molecule has 0 radical (unpaired) electrons. The molecule has 0 aromatic rings. The van der Waals surface area contributed by atoms with Crippen molar-refractivity contribution >= 4 is 11.8 Å². The number of imide groups is 1. The van der Waals surface area contributed by atoms with Gasteiger partial charge in [-0.15, -0.1) is 0 Å². The Bertz CT molecular complexity index is 386. The molecule has 0 aromatic heterocycles. The molecule has 4 atom stereocenters. The number of carbonyl (C=O) groups is 2. The van der Waals surface area contributed by atoms with E-state index in [-0.39, 0.29) is 29.2 Å². The van der Waals surface area contributed by atoms with Crippen LogP contribution in [0.25, 0.3) is 0 Å². The Morgan fingerprint density at radius 2 is 1.41 bits per heavy atom. The van der Waals surface area contributed by atoms with Crippen molar-refractivity contribution in [3.05, 3.63) is 12.2 Å². The van der Waals surface area contributed by atoms with E-state index < -0.39 is 0 Å². The maximum Gasteiger partial charge on any atom is 0.234 e. The number of hydrogen-bond acceptors (Lipinski definition) is 2. The van der Waals surface area contributed by atoms with Crippen LogP contribution in [0.3, 0.4) is 0 Å². The Kier molecular flexibility index (Phi) is 2.08. The lowest BCUT2D eigenvalue weighted by Gasteiger charge is -2.38. The molecule has 1 aliphatic heterocycles. The van der Waals surface area contributed by atoms with Crippen molar-refractivity contribution < 1.29 is 9.59 Å². The predicted octanol–water partition coefficient (Wildman–Crippen LogP) is 1.98. The Balaban J connectivity index is 2.03. The second-order valence-corrected chi connectivity index (χ2v) is 6.52. The van der Waals surface area contributed by atoms with Gasteiger partial charge in [0.05, 0.1) is 11.8 Å². The molecule has 3 heteroatoms. The maximum absolute atomic E-state index is 12.5. The number of likely N-dealkylation sites (tertiary alicyclic amines) is 1. The summed E-state index contributed by atoms with van der Waals surface area (Å²) in [6.07, 6.45) is 6.46. The van der Waals surface area contributed by atoms with Crippen LogP contribution in [0, 0.1) is 23.7 Å². The van der Waals surface area contributed by atoms with Crippen molar-refractivity contribution in [1.29, 1.82) is 0 Å². The Morgan fingerprint density at radius 1 is 1.00 bits per heavy atom. The fraction of sp³-hybridized carbons (Fsp3) is 0.714. The summed E-state index contributed by atoms with van der Waals surface area (Å²) >= 11 is 0. The molecule has 17 heavy (non-hydrogen) atoms. The maximum atomic E-state index is 12.5. The van der Waals surface area contributed by atoms with Gasteiger partial charge in [0.15, 0.2) is 0 Å². The Hall–Kier alpha value is -1.12. The van der Waals surface area contributed by atoms with Gasteiger partial charge in [0, 0.05) is 5.54 Å². The molecular formula is C14H19NO2. The van der Waals surface area contributed by atoms with Crippen molar-refractivity contribution in [2.75, 3.05) is 0 Å². The van der Waals surface area contributed by atoms with Gasteiger partial charge in [-0.1, -0.05) is 12.2 Å². The summed E-state index contributed by atoms with van der Waals surface area (Å²) in [5.74, 6) is 0.594. The molecule has 2 fully saturated rings. The van der Waals surface area contributed by atoms with Crippen molar-refractivity contribution in [1.82, 2.24) is 4.90 Å². The number of amides is 2. The fourth-order valence-corrected chi connectivity index (χ4v) is 3.74. The lowest BCUT2D eigenvalue weighted by Crippen LogP contribution is -2.46. The molecule has 2 unspecified atom stereocenters. The van der Waals surface area contributed by atoms with E-state index >= 15 is 0 Å². The highest BCUT2D eigenvalue weighted by Gasteiger charge is 2.58. The van der Waals surface area contributed by atoms with E-state index in [0.29, 0.717) is 11.8 Å². The second-order valence-electron chi connectivity index (χ2n) is 6.52. The van der Waals surface area contributed by atoms with Gasteiger partial charge in [0.25, 0.3) is 0 Å². The molecule has 1 saturated carbocycles. The van der Waals surface area contributed by atoms with Gasteiger partial charge in [-0.05, 0) is 45.4 Å². The van der Waals surface area contributed by atoms with Crippen molar-refractivity contribution in [3.63, 3.8) is 0 Å². The number of fused-ring (bicyclic) bond motifs is 1.